The van der Waals surface area contributed by atoms with Gasteiger partial charge in [0.1, 0.15) is 0 Å². The van der Waals surface area contributed by atoms with Gasteiger partial charge >= 0.3 is 0 Å². The highest BCUT2D eigenvalue weighted by atomic mass is 16.2. The van der Waals surface area contributed by atoms with E-state index in [-0.39, 0.29) is 17.7 Å². The largest absolute Gasteiger partial charge is 0.339 e. The van der Waals surface area contributed by atoms with Crippen molar-refractivity contribution < 1.29 is 9.59 Å². The van der Waals surface area contributed by atoms with E-state index in [1.807, 2.05) is 59.5 Å². The van der Waals surface area contributed by atoms with Crippen molar-refractivity contribution in [2.24, 2.45) is 5.92 Å². The molecule has 2 amide bonds. The van der Waals surface area contributed by atoms with Gasteiger partial charge in [-0.05, 0) is 54.7 Å². The van der Waals surface area contributed by atoms with Gasteiger partial charge in [0.2, 0.25) is 11.8 Å². The quantitative estimate of drug-likeness (QED) is 0.538. The smallest absolute Gasteiger partial charge is 0.246 e. The summed E-state index contributed by atoms with van der Waals surface area (Å²) in [4.78, 5) is 29.8. The van der Waals surface area contributed by atoms with Crippen molar-refractivity contribution in [1.82, 2.24) is 4.90 Å². The fourth-order valence-corrected chi connectivity index (χ4v) is 4.84. The normalized spacial score (nSPS) is 16.0. The van der Waals surface area contributed by atoms with E-state index in [4.69, 9.17) is 0 Å². The van der Waals surface area contributed by atoms with E-state index in [1.54, 1.807) is 6.08 Å². The molecular formula is C29H29N3O2. The van der Waals surface area contributed by atoms with Crippen LogP contribution < -0.4 is 10.2 Å². The summed E-state index contributed by atoms with van der Waals surface area (Å²) < 4.78 is 0. The van der Waals surface area contributed by atoms with Gasteiger partial charge in [-0.25, -0.2) is 0 Å². The van der Waals surface area contributed by atoms with E-state index in [2.05, 4.69) is 40.5 Å². The Morgan fingerprint density at radius 1 is 0.794 bits per heavy atom. The van der Waals surface area contributed by atoms with Crippen molar-refractivity contribution in [3.63, 3.8) is 0 Å². The number of amides is 2. The van der Waals surface area contributed by atoms with E-state index >= 15 is 0 Å². The molecule has 2 aliphatic heterocycles. The number of benzene rings is 3. The molecule has 5 rings (SSSR count). The number of rotatable bonds is 5. The number of anilines is 3. The van der Waals surface area contributed by atoms with E-state index in [9.17, 15) is 9.59 Å². The highest BCUT2D eigenvalue weighted by molar-refractivity contribution is 5.97. The maximum atomic E-state index is 13.1. The third-order valence-electron chi connectivity index (χ3n) is 6.74. The van der Waals surface area contributed by atoms with Crippen molar-refractivity contribution >= 4 is 35.0 Å². The molecule has 0 aliphatic carbocycles. The Morgan fingerprint density at radius 2 is 1.47 bits per heavy atom. The van der Waals surface area contributed by atoms with Crippen molar-refractivity contribution in [1.29, 1.82) is 0 Å². The fourth-order valence-electron chi connectivity index (χ4n) is 4.84. The van der Waals surface area contributed by atoms with Crippen molar-refractivity contribution in [2.75, 3.05) is 29.9 Å². The number of nitrogens with one attached hydrogen (secondary N) is 1. The molecule has 2 heterocycles. The molecule has 1 N–H and O–H groups in total. The van der Waals surface area contributed by atoms with Gasteiger partial charge in [0.25, 0.3) is 0 Å². The SMILES string of the molecule is O=C(Nc1ccccc1N1CCc2ccccc21)C1CCN(C(=O)/C=C/c2ccccc2)CC1. The molecule has 0 aromatic heterocycles. The molecule has 5 nitrogen and oxygen atoms in total. The van der Waals surface area contributed by atoms with Crippen LogP contribution in [-0.4, -0.2) is 36.3 Å². The number of carbonyl (C=O) groups is 2. The van der Waals surface area contributed by atoms with Gasteiger partial charge in [0.15, 0.2) is 0 Å². The van der Waals surface area contributed by atoms with E-state index in [0.717, 1.165) is 29.9 Å². The Kier molecular flexibility index (Phi) is 6.43. The zero-order valence-electron chi connectivity index (χ0n) is 19.2. The predicted molar refractivity (Wildman–Crippen MR) is 137 cm³/mol. The zero-order valence-corrected chi connectivity index (χ0v) is 19.2. The lowest BCUT2D eigenvalue weighted by molar-refractivity contribution is -0.130. The molecule has 2 aliphatic rings. The second kappa shape index (κ2) is 9.96. The predicted octanol–water partition coefficient (Wildman–Crippen LogP) is 5.27. The number of hydrogen-bond donors (Lipinski definition) is 1. The van der Waals surface area contributed by atoms with Gasteiger partial charge in [-0.1, -0.05) is 60.7 Å². The standard InChI is InChI=1S/C29H29N3O2/c33-28(15-14-22-8-2-1-3-9-22)31-19-16-24(17-20-31)29(34)30-25-11-5-7-13-27(25)32-21-18-23-10-4-6-12-26(23)32/h1-15,24H,16-21H2,(H,30,34)/b15-14+. The second-order valence-corrected chi connectivity index (χ2v) is 8.88. The van der Waals surface area contributed by atoms with Crippen molar-refractivity contribution in [3.8, 4) is 0 Å². The first kappa shape index (κ1) is 22.0. The zero-order chi connectivity index (χ0) is 23.3. The van der Waals surface area contributed by atoms with Crippen LogP contribution >= 0.6 is 0 Å². The molecule has 34 heavy (non-hydrogen) atoms. The molecule has 3 aromatic carbocycles. The summed E-state index contributed by atoms with van der Waals surface area (Å²) in [5.41, 5.74) is 5.42. The van der Waals surface area contributed by atoms with Gasteiger partial charge in [-0.3, -0.25) is 9.59 Å². The van der Waals surface area contributed by atoms with Crippen molar-refractivity contribution in [2.45, 2.75) is 19.3 Å². The van der Waals surface area contributed by atoms with Gasteiger partial charge in [0, 0.05) is 37.3 Å². The van der Waals surface area contributed by atoms with Gasteiger partial charge in [-0.15, -0.1) is 0 Å². The molecule has 0 bridgehead atoms. The highest BCUT2D eigenvalue weighted by Gasteiger charge is 2.28. The minimum absolute atomic E-state index is 0.000700. The first-order valence-corrected chi connectivity index (χ1v) is 12.0. The maximum Gasteiger partial charge on any atom is 0.246 e. The van der Waals surface area contributed by atoms with E-state index in [1.165, 1.54) is 11.3 Å². The van der Waals surface area contributed by atoms with E-state index in [0.29, 0.717) is 25.9 Å². The van der Waals surface area contributed by atoms with Crippen LogP contribution in [0.15, 0.2) is 84.9 Å². The maximum absolute atomic E-state index is 13.1. The summed E-state index contributed by atoms with van der Waals surface area (Å²) in [6.45, 7) is 2.09. The molecule has 0 spiro atoms. The molecule has 5 heteroatoms. The van der Waals surface area contributed by atoms with Gasteiger partial charge in [-0.2, -0.15) is 0 Å². The van der Waals surface area contributed by atoms with Crippen LogP contribution in [0, 0.1) is 5.92 Å². The molecule has 0 radical (unpaired) electrons. The Labute approximate surface area is 200 Å². The first-order valence-electron chi connectivity index (χ1n) is 12.0. The van der Waals surface area contributed by atoms with Crippen LogP contribution in [0.5, 0.6) is 0 Å². The van der Waals surface area contributed by atoms with E-state index < -0.39 is 0 Å². The van der Waals surface area contributed by atoms with Crippen molar-refractivity contribution in [3.05, 3.63) is 96.1 Å². The molecule has 3 aromatic rings. The lowest BCUT2D eigenvalue weighted by Crippen LogP contribution is -2.40. The summed E-state index contributed by atoms with van der Waals surface area (Å²) in [6.07, 6.45) is 5.81. The van der Waals surface area contributed by atoms with Crippen LogP contribution in [0.4, 0.5) is 17.1 Å². The summed E-state index contributed by atoms with van der Waals surface area (Å²) in [6, 6.07) is 26.3. The van der Waals surface area contributed by atoms with Crippen LogP contribution in [0.25, 0.3) is 6.08 Å². The monoisotopic (exact) mass is 451 g/mol. The van der Waals surface area contributed by atoms with Gasteiger partial charge in [0.05, 0.1) is 11.4 Å². The third-order valence-corrected chi connectivity index (χ3v) is 6.74. The average molecular weight is 452 g/mol. The first-order chi connectivity index (χ1) is 16.7. The molecular weight excluding hydrogens is 422 g/mol. The summed E-state index contributed by atoms with van der Waals surface area (Å²) in [5, 5.41) is 3.18. The molecule has 0 atom stereocenters. The number of nitrogens with zero attached hydrogens (tertiary/aromatic N) is 2. The number of fused-ring (bicyclic) bond motifs is 1. The third kappa shape index (κ3) is 4.74. The minimum Gasteiger partial charge on any atom is -0.339 e. The van der Waals surface area contributed by atoms with Crippen LogP contribution in [-0.2, 0) is 16.0 Å². The average Bonchev–Trinajstić information content (AvgIpc) is 3.32. The van der Waals surface area contributed by atoms with Gasteiger partial charge < -0.3 is 15.1 Å². The molecule has 0 unspecified atom stereocenters. The molecule has 1 fully saturated rings. The number of hydrogen-bond acceptors (Lipinski definition) is 3. The molecule has 1 saturated heterocycles. The second-order valence-electron chi connectivity index (χ2n) is 8.88. The lowest BCUT2D eigenvalue weighted by atomic mass is 9.95. The number of piperidine rings is 1. The Balaban J connectivity index is 1.20. The Bertz CT molecular complexity index is 1200. The molecule has 0 saturated carbocycles. The number of likely N-dealkylation sites (tertiary alicyclic amines) is 1. The molecule has 172 valence electrons. The Morgan fingerprint density at radius 3 is 2.26 bits per heavy atom. The van der Waals surface area contributed by atoms with Crippen LogP contribution in [0.1, 0.15) is 24.0 Å². The van der Waals surface area contributed by atoms with Crippen LogP contribution in [0.2, 0.25) is 0 Å². The minimum atomic E-state index is -0.0962. The number of carbonyl (C=O) groups excluding carboxylic acids is 2. The van der Waals surface area contributed by atoms with Crippen LogP contribution in [0.3, 0.4) is 0 Å². The Hall–Kier alpha value is -3.86. The topological polar surface area (TPSA) is 52.7 Å². The number of para-hydroxylation sites is 3. The fraction of sp³-hybridized carbons (Fsp3) is 0.241. The summed E-state index contributed by atoms with van der Waals surface area (Å²) in [5.74, 6) is -0.0614. The highest BCUT2D eigenvalue weighted by Crippen LogP contribution is 2.38. The lowest BCUT2D eigenvalue weighted by Gasteiger charge is -2.31. The summed E-state index contributed by atoms with van der Waals surface area (Å²) >= 11 is 0. The summed E-state index contributed by atoms with van der Waals surface area (Å²) in [7, 11) is 0.